The van der Waals surface area contributed by atoms with Crippen LogP contribution in [-0.4, -0.2) is 6.54 Å². The molecule has 72 valence electrons. The minimum atomic E-state index is 0.225. The highest BCUT2D eigenvalue weighted by molar-refractivity contribution is 9.11. The molecule has 0 saturated heterocycles. The van der Waals surface area contributed by atoms with Gasteiger partial charge >= 0.3 is 0 Å². The number of aryl methyl sites for hydroxylation is 1. The molecule has 1 aromatic heterocycles. The summed E-state index contributed by atoms with van der Waals surface area (Å²) in [6.45, 7) is 8.51. The topological polar surface area (TPSA) is 25.2 Å². The van der Waals surface area contributed by atoms with Gasteiger partial charge in [0.15, 0.2) is 0 Å². The lowest BCUT2D eigenvalue weighted by Crippen LogP contribution is -2.19. The normalized spacial score (nSPS) is 12.8. The summed E-state index contributed by atoms with van der Waals surface area (Å²) in [6.07, 6.45) is 0. The van der Waals surface area contributed by atoms with Gasteiger partial charge in [0.25, 0.3) is 0 Å². The zero-order chi connectivity index (χ0) is 9.84. The Morgan fingerprint density at radius 3 is 2.85 bits per heavy atom. The van der Waals surface area contributed by atoms with Gasteiger partial charge in [-0.05, 0) is 26.0 Å². The summed E-state index contributed by atoms with van der Waals surface area (Å²) in [6, 6.07) is 4.18. The highest BCUT2D eigenvalue weighted by Gasteiger charge is 2.07. The third-order valence-corrected chi connectivity index (χ3v) is 2.07. The van der Waals surface area contributed by atoms with Gasteiger partial charge in [-0.2, -0.15) is 0 Å². The summed E-state index contributed by atoms with van der Waals surface area (Å²) < 4.78 is 6.42. The first-order chi connectivity index (χ1) is 6.09. The van der Waals surface area contributed by atoms with Gasteiger partial charge in [0.1, 0.15) is 11.5 Å². The van der Waals surface area contributed by atoms with Crippen LogP contribution >= 0.6 is 15.9 Å². The van der Waals surface area contributed by atoms with Gasteiger partial charge < -0.3 is 9.73 Å². The van der Waals surface area contributed by atoms with Gasteiger partial charge in [-0.3, -0.25) is 0 Å². The molecule has 1 atom stereocenters. The van der Waals surface area contributed by atoms with Crippen molar-refractivity contribution in [3.8, 4) is 0 Å². The van der Waals surface area contributed by atoms with E-state index in [2.05, 4.69) is 34.7 Å². The monoisotopic (exact) mass is 243 g/mol. The van der Waals surface area contributed by atoms with Crippen molar-refractivity contribution in [2.45, 2.75) is 19.9 Å². The Morgan fingerprint density at radius 2 is 2.38 bits per heavy atom. The summed E-state index contributed by atoms with van der Waals surface area (Å²) in [7, 11) is 0. The first kappa shape index (κ1) is 10.5. The molecular weight excluding hydrogens is 230 g/mol. The molecule has 1 heterocycles. The Balaban J connectivity index is 2.48. The Kier molecular flexibility index (Phi) is 3.75. The van der Waals surface area contributed by atoms with Crippen LogP contribution in [-0.2, 0) is 0 Å². The van der Waals surface area contributed by atoms with E-state index in [9.17, 15) is 0 Å². The van der Waals surface area contributed by atoms with Crippen molar-refractivity contribution in [2.75, 3.05) is 6.54 Å². The highest BCUT2D eigenvalue weighted by atomic mass is 79.9. The molecule has 0 saturated carbocycles. The second-order valence-electron chi connectivity index (χ2n) is 3.07. The molecule has 0 fully saturated rings. The van der Waals surface area contributed by atoms with Crippen molar-refractivity contribution in [3.05, 3.63) is 34.7 Å². The standard InChI is InChI=1S/C10H14BrNO/c1-7(11)6-12-9(3)10-5-4-8(2)13-10/h4-5,9,12H,1,6H2,2-3H3. The lowest BCUT2D eigenvalue weighted by atomic mass is 10.2. The number of hydrogen-bond donors (Lipinski definition) is 1. The van der Waals surface area contributed by atoms with Gasteiger partial charge in [0.2, 0.25) is 0 Å². The summed E-state index contributed by atoms with van der Waals surface area (Å²) >= 11 is 3.29. The molecule has 13 heavy (non-hydrogen) atoms. The molecule has 3 heteroatoms. The molecule has 1 rings (SSSR count). The van der Waals surface area contributed by atoms with Crippen LogP contribution < -0.4 is 5.32 Å². The average Bonchev–Trinajstić information content (AvgIpc) is 2.47. The zero-order valence-corrected chi connectivity index (χ0v) is 9.52. The largest absolute Gasteiger partial charge is 0.465 e. The SMILES string of the molecule is C=C(Br)CNC(C)c1ccc(C)o1. The van der Waals surface area contributed by atoms with E-state index in [-0.39, 0.29) is 6.04 Å². The van der Waals surface area contributed by atoms with Crippen LogP contribution in [0.4, 0.5) is 0 Å². The molecule has 0 aliphatic heterocycles. The summed E-state index contributed by atoms with van der Waals surface area (Å²) in [5, 5.41) is 3.27. The predicted molar refractivity (Wildman–Crippen MR) is 57.9 cm³/mol. The van der Waals surface area contributed by atoms with Crippen molar-refractivity contribution in [1.82, 2.24) is 5.32 Å². The molecule has 1 N–H and O–H groups in total. The van der Waals surface area contributed by atoms with E-state index < -0.39 is 0 Å². The van der Waals surface area contributed by atoms with E-state index >= 15 is 0 Å². The Bertz CT molecular complexity index is 293. The van der Waals surface area contributed by atoms with Gasteiger partial charge in [-0.25, -0.2) is 0 Å². The third-order valence-electron chi connectivity index (χ3n) is 1.79. The number of nitrogens with one attached hydrogen (secondary N) is 1. The van der Waals surface area contributed by atoms with Gasteiger partial charge in [-0.1, -0.05) is 22.5 Å². The number of halogens is 1. The molecule has 0 bridgehead atoms. The van der Waals surface area contributed by atoms with E-state index in [1.165, 1.54) is 0 Å². The average molecular weight is 244 g/mol. The van der Waals surface area contributed by atoms with Crippen molar-refractivity contribution in [1.29, 1.82) is 0 Å². The molecule has 1 aromatic rings. The lowest BCUT2D eigenvalue weighted by Gasteiger charge is -2.09. The molecule has 0 aromatic carbocycles. The molecule has 0 aliphatic rings. The minimum Gasteiger partial charge on any atom is -0.465 e. The first-order valence-electron chi connectivity index (χ1n) is 4.22. The molecule has 1 unspecified atom stereocenters. The van der Waals surface area contributed by atoms with E-state index in [0.717, 1.165) is 22.5 Å². The maximum Gasteiger partial charge on any atom is 0.120 e. The second-order valence-corrected chi connectivity index (χ2v) is 4.19. The summed E-state index contributed by atoms with van der Waals surface area (Å²) in [4.78, 5) is 0. The smallest absolute Gasteiger partial charge is 0.120 e. The van der Waals surface area contributed by atoms with E-state index in [0.29, 0.717) is 0 Å². The predicted octanol–water partition coefficient (Wildman–Crippen LogP) is 3.15. The molecule has 2 nitrogen and oxygen atoms in total. The second kappa shape index (κ2) is 4.63. The van der Waals surface area contributed by atoms with Crippen LogP contribution in [0.2, 0.25) is 0 Å². The van der Waals surface area contributed by atoms with Crippen molar-refractivity contribution in [3.63, 3.8) is 0 Å². The Labute approximate surface area is 87.1 Å². The highest BCUT2D eigenvalue weighted by Crippen LogP contribution is 2.15. The van der Waals surface area contributed by atoms with Crippen LogP contribution in [0.3, 0.4) is 0 Å². The fourth-order valence-electron chi connectivity index (χ4n) is 1.05. The van der Waals surface area contributed by atoms with Crippen LogP contribution in [0.1, 0.15) is 24.5 Å². The maximum absolute atomic E-state index is 5.47. The Hall–Kier alpha value is -0.540. The van der Waals surface area contributed by atoms with E-state index in [4.69, 9.17) is 4.42 Å². The van der Waals surface area contributed by atoms with Crippen molar-refractivity contribution >= 4 is 15.9 Å². The van der Waals surface area contributed by atoms with Gasteiger partial charge in [-0.15, -0.1) is 0 Å². The summed E-state index contributed by atoms with van der Waals surface area (Å²) in [5.41, 5.74) is 0. The fourth-order valence-corrected chi connectivity index (χ4v) is 1.21. The first-order valence-corrected chi connectivity index (χ1v) is 5.02. The maximum atomic E-state index is 5.47. The van der Waals surface area contributed by atoms with E-state index in [1.54, 1.807) is 0 Å². The molecule has 0 aliphatic carbocycles. The van der Waals surface area contributed by atoms with Gasteiger partial charge in [0.05, 0.1) is 6.04 Å². The lowest BCUT2D eigenvalue weighted by molar-refractivity contribution is 0.425. The number of rotatable bonds is 4. The molecule has 0 radical (unpaired) electrons. The van der Waals surface area contributed by atoms with Gasteiger partial charge in [0, 0.05) is 11.0 Å². The van der Waals surface area contributed by atoms with Crippen LogP contribution in [0.15, 0.2) is 27.6 Å². The molecular formula is C10H14BrNO. The van der Waals surface area contributed by atoms with Crippen molar-refractivity contribution in [2.24, 2.45) is 0 Å². The van der Waals surface area contributed by atoms with Crippen LogP contribution in [0, 0.1) is 6.92 Å². The van der Waals surface area contributed by atoms with Crippen molar-refractivity contribution < 1.29 is 4.42 Å². The number of furan rings is 1. The molecule has 0 spiro atoms. The molecule has 0 amide bonds. The minimum absolute atomic E-state index is 0.225. The van der Waals surface area contributed by atoms with E-state index in [1.807, 2.05) is 19.1 Å². The third kappa shape index (κ3) is 3.36. The zero-order valence-electron chi connectivity index (χ0n) is 7.93. The quantitative estimate of drug-likeness (QED) is 0.880. The Morgan fingerprint density at radius 1 is 1.69 bits per heavy atom. The van der Waals surface area contributed by atoms with Crippen LogP contribution in [0.5, 0.6) is 0 Å². The number of hydrogen-bond acceptors (Lipinski definition) is 2. The fraction of sp³-hybridized carbons (Fsp3) is 0.400. The van der Waals surface area contributed by atoms with Crippen LogP contribution in [0.25, 0.3) is 0 Å². The summed E-state index contributed by atoms with van der Waals surface area (Å²) in [5.74, 6) is 1.91.